The Balaban J connectivity index is 1.96. The first-order valence-electron chi connectivity index (χ1n) is 5.76. The predicted molar refractivity (Wildman–Crippen MR) is 81.0 cm³/mol. The van der Waals surface area contributed by atoms with Crippen molar-refractivity contribution >= 4 is 43.9 Å². The van der Waals surface area contributed by atoms with Gasteiger partial charge in [0, 0.05) is 27.3 Å². The van der Waals surface area contributed by atoms with Crippen molar-refractivity contribution in [2.45, 2.75) is 0 Å². The Morgan fingerprint density at radius 3 is 2.58 bits per heavy atom. The van der Waals surface area contributed by atoms with E-state index in [1.165, 1.54) is 0 Å². The van der Waals surface area contributed by atoms with Crippen molar-refractivity contribution in [3.63, 3.8) is 0 Å². The lowest BCUT2D eigenvalue weighted by molar-refractivity contribution is 1.24. The normalized spacial score (nSPS) is 11.4. The maximum absolute atomic E-state index is 5.78. The molecule has 94 valence electrons. The van der Waals surface area contributed by atoms with Gasteiger partial charge in [-0.15, -0.1) is 5.11 Å². The van der Waals surface area contributed by atoms with Crippen LogP contribution in [0.2, 0.25) is 0 Å². The molecule has 0 spiro atoms. The van der Waals surface area contributed by atoms with E-state index in [0.717, 1.165) is 26.8 Å². The van der Waals surface area contributed by atoms with Crippen molar-refractivity contribution in [3.8, 4) is 0 Å². The van der Waals surface area contributed by atoms with Crippen LogP contribution in [0.5, 0.6) is 0 Å². The highest BCUT2D eigenvalue weighted by atomic mass is 79.9. The molecule has 5 heteroatoms. The Kier molecular flexibility index (Phi) is 3.05. The number of halogens is 1. The van der Waals surface area contributed by atoms with Gasteiger partial charge in [0.2, 0.25) is 0 Å². The van der Waals surface area contributed by atoms with Crippen LogP contribution < -0.4 is 5.73 Å². The minimum atomic E-state index is 0.715. The summed E-state index contributed by atoms with van der Waals surface area (Å²) in [4.78, 5) is 3.14. The zero-order valence-corrected chi connectivity index (χ0v) is 11.6. The minimum Gasteiger partial charge on any atom is -0.399 e. The second kappa shape index (κ2) is 4.85. The van der Waals surface area contributed by atoms with Gasteiger partial charge in [0.15, 0.2) is 0 Å². The molecule has 0 unspecified atom stereocenters. The topological polar surface area (TPSA) is 66.5 Å². The summed E-state index contributed by atoms with van der Waals surface area (Å²) in [5.41, 5.74) is 9.09. The molecule has 1 heterocycles. The third-order valence-electron chi connectivity index (χ3n) is 2.78. The number of hydrogen-bond donors (Lipinski definition) is 2. The van der Waals surface area contributed by atoms with Crippen molar-refractivity contribution in [3.05, 3.63) is 53.1 Å². The Morgan fingerprint density at radius 2 is 1.79 bits per heavy atom. The Morgan fingerprint density at radius 1 is 1.00 bits per heavy atom. The summed E-state index contributed by atoms with van der Waals surface area (Å²) in [7, 11) is 0. The fraction of sp³-hybridized carbons (Fsp3) is 0. The van der Waals surface area contributed by atoms with Crippen molar-refractivity contribution < 1.29 is 0 Å². The van der Waals surface area contributed by atoms with Gasteiger partial charge in [0.25, 0.3) is 0 Å². The fourth-order valence-electron chi connectivity index (χ4n) is 1.83. The van der Waals surface area contributed by atoms with Crippen molar-refractivity contribution in [1.82, 2.24) is 4.98 Å². The first-order valence-corrected chi connectivity index (χ1v) is 6.55. The van der Waals surface area contributed by atoms with E-state index in [0.29, 0.717) is 5.69 Å². The molecule has 0 bridgehead atoms. The number of benzene rings is 2. The number of hydrogen-bond acceptors (Lipinski definition) is 3. The number of anilines is 1. The van der Waals surface area contributed by atoms with Gasteiger partial charge in [0.05, 0.1) is 5.69 Å². The number of nitrogens with two attached hydrogens (primary N) is 1. The summed E-state index contributed by atoms with van der Waals surface area (Å²) in [6.45, 7) is 0. The van der Waals surface area contributed by atoms with Crippen molar-refractivity contribution in [2.24, 2.45) is 10.2 Å². The molecular weight excluding hydrogens is 304 g/mol. The quantitative estimate of drug-likeness (QED) is 0.511. The Hall–Kier alpha value is -2.14. The smallest absolute Gasteiger partial charge is 0.111 e. The number of aromatic amines is 1. The lowest BCUT2D eigenvalue weighted by Crippen LogP contribution is -1.81. The SMILES string of the molecule is Nc1ccc2[nH]cc(/N=N/c3ccc(Br)cc3)c2c1. The summed E-state index contributed by atoms with van der Waals surface area (Å²) >= 11 is 3.38. The molecule has 3 rings (SSSR count). The summed E-state index contributed by atoms with van der Waals surface area (Å²) in [6, 6.07) is 13.3. The molecule has 2 aromatic carbocycles. The van der Waals surface area contributed by atoms with Crippen LogP contribution in [0, 0.1) is 0 Å². The standard InChI is InChI=1S/C14H11BrN4/c15-9-1-4-11(5-2-9)18-19-14-8-17-13-6-3-10(16)7-12(13)14/h1-8,17H,16H2/b19-18+. The van der Waals surface area contributed by atoms with Crippen LogP contribution in [0.3, 0.4) is 0 Å². The summed E-state index contributed by atoms with van der Waals surface area (Å²) in [6.07, 6.45) is 1.83. The lowest BCUT2D eigenvalue weighted by atomic mass is 10.2. The molecule has 0 saturated heterocycles. The monoisotopic (exact) mass is 314 g/mol. The molecule has 3 aromatic rings. The molecule has 0 aliphatic rings. The highest BCUT2D eigenvalue weighted by Crippen LogP contribution is 2.29. The van der Waals surface area contributed by atoms with E-state index in [-0.39, 0.29) is 0 Å². The zero-order valence-electron chi connectivity index (χ0n) is 9.97. The van der Waals surface area contributed by atoms with Crippen molar-refractivity contribution in [2.75, 3.05) is 5.73 Å². The number of fused-ring (bicyclic) bond motifs is 1. The van der Waals surface area contributed by atoms with Gasteiger partial charge in [-0.1, -0.05) is 15.9 Å². The molecule has 0 aliphatic heterocycles. The fourth-order valence-corrected chi connectivity index (χ4v) is 2.09. The van der Waals surface area contributed by atoms with Crippen LogP contribution in [-0.2, 0) is 0 Å². The van der Waals surface area contributed by atoms with Crippen LogP contribution >= 0.6 is 15.9 Å². The summed E-state index contributed by atoms with van der Waals surface area (Å²) in [5.74, 6) is 0. The number of aromatic nitrogens is 1. The number of rotatable bonds is 2. The third kappa shape index (κ3) is 2.51. The first kappa shape index (κ1) is 11.9. The van der Waals surface area contributed by atoms with Gasteiger partial charge in [0.1, 0.15) is 5.69 Å². The van der Waals surface area contributed by atoms with Crippen LogP contribution in [0.1, 0.15) is 0 Å². The lowest BCUT2D eigenvalue weighted by Gasteiger charge is -1.95. The largest absolute Gasteiger partial charge is 0.399 e. The zero-order chi connectivity index (χ0) is 13.2. The molecule has 0 saturated carbocycles. The highest BCUT2D eigenvalue weighted by Gasteiger charge is 2.02. The van der Waals surface area contributed by atoms with Crippen LogP contribution in [0.15, 0.2) is 63.4 Å². The van der Waals surface area contributed by atoms with E-state index in [1.807, 2.05) is 48.7 Å². The maximum atomic E-state index is 5.78. The molecule has 4 nitrogen and oxygen atoms in total. The molecule has 0 aliphatic carbocycles. The molecule has 0 radical (unpaired) electrons. The molecule has 1 aromatic heterocycles. The number of azo groups is 1. The molecule has 0 fully saturated rings. The first-order chi connectivity index (χ1) is 9.22. The van der Waals surface area contributed by atoms with E-state index < -0.39 is 0 Å². The van der Waals surface area contributed by atoms with Gasteiger partial charge >= 0.3 is 0 Å². The summed E-state index contributed by atoms with van der Waals surface area (Å²) < 4.78 is 1.02. The van der Waals surface area contributed by atoms with Gasteiger partial charge in [-0.3, -0.25) is 0 Å². The average molecular weight is 315 g/mol. The number of nitrogens with zero attached hydrogens (tertiary/aromatic N) is 2. The minimum absolute atomic E-state index is 0.715. The number of nitrogen functional groups attached to an aromatic ring is 1. The number of H-pyrrole nitrogens is 1. The van der Waals surface area contributed by atoms with E-state index in [2.05, 4.69) is 31.1 Å². The van der Waals surface area contributed by atoms with E-state index >= 15 is 0 Å². The molecule has 0 atom stereocenters. The molecule has 19 heavy (non-hydrogen) atoms. The van der Waals surface area contributed by atoms with E-state index in [9.17, 15) is 0 Å². The Bertz CT molecular complexity index is 744. The van der Waals surface area contributed by atoms with Crippen molar-refractivity contribution in [1.29, 1.82) is 0 Å². The van der Waals surface area contributed by atoms with Gasteiger partial charge in [-0.2, -0.15) is 5.11 Å². The highest BCUT2D eigenvalue weighted by molar-refractivity contribution is 9.10. The second-order valence-corrected chi connectivity index (χ2v) is 5.07. The summed E-state index contributed by atoms with van der Waals surface area (Å²) in [5, 5.41) is 9.44. The van der Waals surface area contributed by atoms with Crippen LogP contribution in [0.25, 0.3) is 10.9 Å². The van der Waals surface area contributed by atoms with Gasteiger partial charge in [-0.05, 0) is 42.5 Å². The van der Waals surface area contributed by atoms with Crippen LogP contribution in [0.4, 0.5) is 17.1 Å². The van der Waals surface area contributed by atoms with Crippen LogP contribution in [-0.4, -0.2) is 4.98 Å². The van der Waals surface area contributed by atoms with Gasteiger partial charge < -0.3 is 10.7 Å². The number of nitrogens with one attached hydrogen (secondary N) is 1. The second-order valence-electron chi connectivity index (χ2n) is 4.16. The molecule has 3 N–H and O–H groups in total. The third-order valence-corrected chi connectivity index (χ3v) is 3.31. The predicted octanol–water partition coefficient (Wildman–Crippen LogP) is 4.93. The van der Waals surface area contributed by atoms with E-state index in [4.69, 9.17) is 5.73 Å². The Labute approximate surface area is 118 Å². The van der Waals surface area contributed by atoms with E-state index in [1.54, 1.807) is 0 Å². The molecular formula is C14H11BrN4. The van der Waals surface area contributed by atoms with Gasteiger partial charge in [-0.25, -0.2) is 0 Å². The maximum Gasteiger partial charge on any atom is 0.111 e. The average Bonchev–Trinajstić information content (AvgIpc) is 2.80. The molecule has 0 amide bonds.